The summed E-state index contributed by atoms with van der Waals surface area (Å²) in [7, 11) is -3.00. The fourth-order valence-electron chi connectivity index (χ4n) is 2.95. The van der Waals surface area contributed by atoms with Gasteiger partial charge in [0, 0.05) is 12.3 Å². The molecule has 3 atom stereocenters. The Hall–Kier alpha value is -0.870. The van der Waals surface area contributed by atoms with E-state index in [-0.39, 0.29) is 11.3 Å². The minimum atomic E-state index is -3.00. The maximum Gasteiger partial charge on any atom is 0.151 e. The van der Waals surface area contributed by atoms with Gasteiger partial charge in [0.1, 0.15) is 0 Å². The Kier molecular flexibility index (Phi) is 4.86. The number of hydrogen-bond donors (Lipinski definition) is 1. The first kappa shape index (κ1) is 15.5. The van der Waals surface area contributed by atoms with E-state index in [0.29, 0.717) is 5.92 Å². The Morgan fingerprint density at radius 3 is 2.65 bits per heavy atom. The molecule has 4 heteroatoms. The lowest BCUT2D eigenvalue weighted by Gasteiger charge is -2.35. The molecule has 0 aliphatic heterocycles. The molecule has 0 heterocycles. The second-order valence-electron chi connectivity index (χ2n) is 5.93. The SMILES string of the molecule is CCCNC(CC1Cc2ccccc21)C(C)S(C)(=O)=O. The highest BCUT2D eigenvalue weighted by Crippen LogP contribution is 2.38. The maximum atomic E-state index is 11.8. The van der Waals surface area contributed by atoms with Crippen LogP contribution in [0.5, 0.6) is 0 Å². The van der Waals surface area contributed by atoms with Crippen molar-refractivity contribution in [2.24, 2.45) is 0 Å². The zero-order valence-corrected chi connectivity index (χ0v) is 13.4. The van der Waals surface area contributed by atoms with Crippen molar-refractivity contribution in [2.45, 2.75) is 50.3 Å². The molecular formula is C16H25NO2S. The molecule has 0 aromatic heterocycles. The van der Waals surface area contributed by atoms with E-state index in [4.69, 9.17) is 0 Å². The second kappa shape index (κ2) is 6.27. The Morgan fingerprint density at radius 1 is 1.35 bits per heavy atom. The molecule has 1 aliphatic rings. The number of nitrogens with one attached hydrogen (secondary N) is 1. The minimum Gasteiger partial charge on any atom is -0.313 e. The van der Waals surface area contributed by atoms with Crippen LogP contribution in [0.25, 0.3) is 0 Å². The standard InChI is InChI=1S/C16H25NO2S/c1-4-9-17-16(12(2)20(3,18)19)11-14-10-13-7-5-6-8-15(13)14/h5-8,12,14,16-17H,4,9-11H2,1-3H3. The van der Waals surface area contributed by atoms with Crippen molar-refractivity contribution in [3.63, 3.8) is 0 Å². The van der Waals surface area contributed by atoms with Crippen LogP contribution in [0.4, 0.5) is 0 Å². The Morgan fingerprint density at radius 2 is 2.05 bits per heavy atom. The first-order valence-corrected chi connectivity index (χ1v) is 9.39. The van der Waals surface area contributed by atoms with Gasteiger partial charge in [-0.05, 0) is 49.8 Å². The van der Waals surface area contributed by atoms with Crippen molar-refractivity contribution in [1.82, 2.24) is 5.32 Å². The van der Waals surface area contributed by atoms with Crippen LogP contribution in [0.3, 0.4) is 0 Å². The van der Waals surface area contributed by atoms with E-state index in [9.17, 15) is 8.42 Å². The van der Waals surface area contributed by atoms with Crippen molar-refractivity contribution in [3.8, 4) is 0 Å². The molecule has 0 radical (unpaired) electrons. The van der Waals surface area contributed by atoms with Crippen LogP contribution in [0.2, 0.25) is 0 Å². The van der Waals surface area contributed by atoms with Gasteiger partial charge in [-0.1, -0.05) is 31.2 Å². The zero-order valence-electron chi connectivity index (χ0n) is 12.6. The van der Waals surface area contributed by atoms with Gasteiger partial charge in [0.05, 0.1) is 5.25 Å². The number of benzene rings is 1. The van der Waals surface area contributed by atoms with Gasteiger partial charge in [-0.3, -0.25) is 0 Å². The van der Waals surface area contributed by atoms with E-state index in [1.165, 1.54) is 17.4 Å². The second-order valence-corrected chi connectivity index (χ2v) is 8.33. The van der Waals surface area contributed by atoms with Crippen LogP contribution >= 0.6 is 0 Å². The van der Waals surface area contributed by atoms with Gasteiger partial charge < -0.3 is 5.32 Å². The molecule has 0 fully saturated rings. The first-order chi connectivity index (χ1) is 9.43. The Balaban J connectivity index is 2.06. The summed E-state index contributed by atoms with van der Waals surface area (Å²) in [4.78, 5) is 0. The van der Waals surface area contributed by atoms with Crippen LogP contribution in [0, 0.1) is 0 Å². The minimum absolute atomic E-state index is 0.0447. The molecule has 20 heavy (non-hydrogen) atoms. The molecular weight excluding hydrogens is 270 g/mol. The molecule has 0 bridgehead atoms. The van der Waals surface area contributed by atoms with Crippen molar-refractivity contribution >= 4 is 9.84 Å². The summed E-state index contributed by atoms with van der Waals surface area (Å²) in [6.07, 6.45) is 4.35. The highest BCUT2D eigenvalue weighted by Gasteiger charge is 2.32. The smallest absolute Gasteiger partial charge is 0.151 e. The van der Waals surface area contributed by atoms with Crippen molar-refractivity contribution in [3.05, 3.63) is 35.4 Å². The largest absolute Gasteiger partial charge is 0.313 e. The Bertz CT molecular complexity index is 553. The molecule has 1 aliphatic carbocycles. The van der Waals surface area contributed by atoms with Crippen molar-refractivity contribution < 1.29 is 8.42 Å². The zero-order chi connectivity index (χ0) is 14.8. The summed E-state index contributed by atoms with van der Waals surface area (Å²) < 4.78 is 23.7. The van der Waals surface area contributed by atoms with Gasteiger partial charge in [0.25, 0.3) is 0 Å². The summed E-state index contributed by atoms with van der Waals surface area (Å²) in [5.74, 6) is 0.504. The topological polar surface area (TPSA) is 46.2 Å². The van der Waals surface area contributed by atoms with Crippen molar-refractivity contribution in [1.29, 1.82) is 0 Å². The normalized spacial score (nSPS) is 20.9. The fraction of sp³-hybridized carbons (Fsp3) is 0.625. The number of sulfone groups is 1. The lowest BCUT2D eigenvalue weighted by Crippen LogP contribution is -2.44. The quantitative estimate of drug-likeness (QED) is 0.841. The van der Waals surface area contributed by atoms with Gasteiger partial charge in [-0.2, -0.15) is 0 Å². The van der Waals surface area contributed by atoms with Gasteiger partial charge in [0.15, 0.2) is 9.84 Å². The summed E-state index contributed by atoms with van der Waals surface area (Å²) in [6.45, 7) is 4.81. The van der Waals surface area contributed by atoms with E-state index in [0.717, 1.165) is 25.8 Å². The molecule has 1 N–H and O–H groups in total. The maximum absolute atomic E-state index is 11.8. The van der Waals surface area contributed by atoms with E-state index in [1.807, 2.05) is 6.92 Å². The number of rotatable bonds is 7. The van der Waals surface area contributed by atoms with Gasteiger partial charge in [-0.15, -0.1) is 0 Å². The molecule has 2 rings (SSSR count). The summed E-state index contributed by atoms with van der Waals surface area (Å²) >= 11 is 0. The average molecular weight is 295 g/mol. The third-order valence-corrected chi connectivity index (χ3v) is 6.08. The third kappa shape index (κ3) is 3.41. The van der Waals surface area contributed by atoms with Crippen LogP contribution in [0.1, 0.15) is 43.7 Å². The summed E-state index contributed by atoms with van der Waals surface area (Å²) in [5, 5.41) is 3.09. The van der Waals surface area contributed by atoms with Crippen LogP contribution in [-0.2, 0) is 16.3 Å². The molecule has 0 saturated heterocycles. The lowest BCUT2D eigenvalue weighted by molar-refractivity contribution is 0.406. The van der Waals surface area contributed by atoms with E-state index >= 15 is 0 Å². The van der Waals surface area contributed by atoms with Crippen molar-refractivity contribution in [2.75, 3.05) is 12.8 Å². The Labute approximate surface area is 122 Å². The summed E-state index contributed by atoms with van der Waals surface area (Å²) in [5.41, 5.74) is 2.82. The third-order valence-electron chi connectivity index (χ3n) is 4.40. The van der Waals surface area contributed by atoms with Crippen LogP contribution in [0.15, 0.2) is 24.3 Å². The molecule has 0 saturated carbocycles. The van der Waals surface area contributed by atoms with Gasteiger partial charge in [0.2, 0.25) is 0 Å². The fourth-order valence-corrected chi connectivity index (χ4v) is 3.75. The molecule has 0 spiro atoms. The summed E-state index contributed by atoms with van der Waals surface area (Å²) in [6, 6.07) is 8.52. The van der Waals surface area contributed by atoms with E-state index < -0.39 is 9.84 Å². The number of hydrogen-bond acceptors (Lipinski definition) is 3. The predicted molar refractivity (Wildman–Crippen MR) is 83.9 cm³/mol. The first-order valence-electron chi connectivity index (χ1n) is 7.43. The molecule has 0 amide bonds. The highest BCUT2D eigenvalue weighted by atomic mass is 32.2. The van der Waals surface area contributed by atoms with E-state index in [2.05, 4.69) is 36.5 Å². The number of fused-ring (bicyclic) bond motifs is 1. The molecule has 3 unspecified atom stereocenters. The van der Waals surface area contributed by atoms with Gasteiger partial charge in [-0.25, -0.2) is 8.42 Å². The highest BCUT2D eigenvalue weighted by molar-refractivity contribution is 7.91. The molecule has 1 aromatic rings. The predicted octanol–water partition coefficient (Wildman–Crippen LogP) is 2.52. The lowest BCUT2D eigenvalue weighted by atomic mass is 9.74. The molecule has 1 aromatic carbocycles. The van der Waals surface area contributed by atoms with Crippen LogP contribution < -0.4 is 5.32 Å². The van der Waals surface area contributed by atoms with Crippen LogP contribution in [-0.4, -0.2) is 32.5 Å². The monoisotopic (exact) mass is 295 g/mol. The average Bonchev–Trinajstić information content (AvgIpc) is 2.37. The van der Waals surface area contributed by atoms with E-state index in [1.54, 1.807) is 0 Å². The van der Waals surface area contributed by atoms with Gasteiger partial charge >= 0.3 is 0 Å². The molecule has 3 nitrogen and oxygen atoms in total. The molecule has 112 valence electrons.